The van der Waals surface area contributed by atoms with E-state index in [1.807, 2.05) is 0 Å². The molecule has 0 aromatic heterocycles. The molecule has 0 radical (unpaired) electrons. The van der Waals surface area contributed by atoms with Crippen molar-refractivity contribution in [3.05, 3.63) is 11.1 Å². The van der Waals surface area contributed by atoms with Crippen LogP contribution in [-0.4, -0.2) is 93.6 Å². The van der Waals surface area contributed by atoms with Gasteiger partial charge in [-0.3, -0.25) is 19.2 Å². The number of aliphatic hydroxyl groups is 3. The lowest BCUT2D eigenvalue weighted by molar-refractivity contribution is -0.353. The molecule has 224 valence electrons. The van der Waals surface area contributed by atoms with Crippen molar-refractivity contribution in [1.29, 1.82) is 0 Å². The zero-order valence-corrected chi connectivity index (χ0v) is 24.2. The number of fused-ring (bicyclic) bond motifs is 4. The SMILES string of the molecule is CC(=O)O[C@H]1C[C@H]2OC[C@@]2(OC(C)=O)C2[C@H](OC(C)=O)[C@]3(C(C)(C)O)C[C@H](O)C(C)=C3[C@@H](O)[C@H](OC(C)=O)[C@@]21C. The predicted octanol–water partition coefficient (Wildman–Crippen LogP) is 0.721. The van der Waals surface area contributed by atoms with Crippen molar-refractivity contribution in [1.82, 2.24) is 0 Å². The number of esters is 4. The number of rotatable bonds is 5. The van der Waals surface area contributed by atoms with E-state index in [9.17, 15) is 34.5 Å². The first-order valence-electron chi connectivity index (χ1n) is 13.5. The molecule has 1 heterocycles. The summed E-state index contributed by atoms with van der Waals surface area (Å²) in [5.41, 5.74) is -5.96. The quantitative estimate of drug-likeness (QED) is 0.241. The molecule has 4 aliphatic rings. The molecule has 0 amide bonds. The average Bonchev–Trinajstić information content (AvgIpc) is 3.03. The van der Waals surface area contributed by atoms with E-state index in [2.05, 4.69) is 0 Å². The summed E-state index contributed by atoms with van der Waals surface area (Å²) in [5.74, 6) is -3.95. The highest BCUT2D eigenvalue weighted by molar-refractivity contribution is 5.69. The Morgan fingerprint density at radius 2 is 1.48 bits per heavy atom. The van der Waals surface area contributed by atoms with Crippen molar-refractivity contribution in [3.63, 3.8) is 0 Å². The molecule has 3 aliphatic carbocycles. The van der Waals surface area contributed by atoms with Gasteiger partial charge in [0.15, 0.2) is 5.60 Å². The molecule has 40 heavy (non-hydrogen) atoms. The fourth-order valence-electron chi connectivity index (χ4n) is 8.13. The van der Waals surface area contributed by atoms with Gasteiger partial charge in [-0.15, -0.1) is 0 Å². The molecule has 12 nitrogen and oxygen atoms in total. The molecule has 3 N–H and O–H groups in total. The van der Waals surface area contributed by atoms with Crippen LogP contribution in [0.15, 0.2) is 11.1 Å². The second kappa shape index (κ2) is 9.78. The Labute approximate surface area is 232 Å². The molecule has 3 fully saturated rings. The number of hydrogen-bond acceptors (Lipinski definition) is 12. The lowest BCUT2D eigenvalue weighted by Crippen LogP contribution is -2.79. The van der Waals surface area contributed by atoms with Gasteiger partial charge in [0.25, 0.3) is 0 Å². The number of carbonyl (C=O) groups is 4. The van der Waals surface area contributed by atoms with E-state index in [0.717, 1.165) is 6.92 Å². The van der Waals surface area contributed by atoms with Gasteiger partial charge >= 0.3 is 23.9 Å². The summed E-state index contributed by atoms with van der Waals surface area (Å²) in [7, 11) is 0. The second-order valence-electron chi connectivity index (χ2n) is 12.4. The Morgan fingerprint density at radius 1 is 0.925 bits per heavy atom. The summed E-state index contributed by atoms with van der Waals surface area (Å²) >= 11 is 0. The number of aliphatic hydroxyl groups excluding tert-OH is 2. The zero-order chi connectivity index (χ0) is 30.2. The van der Waals surface area contributed by atoms with Crippen LogP contribution in [0, 0.1) is 16.7 Å². The smallest absolute Gasteiger partial charge is 0.303 e. The maximum atomic E-state index is 12.8. The number of hydrogen-bond donors (Lipinski definition) is 3. The minimum atomic E-state index is -1.75. The van der Waals surface area contributed by atoms with Crippen LogP contribution >= 0.6 is 0 Å². The summed E-state index contributed by atoms with van der Waals surface area (Å²) in [6.07, 6.45) is -7.61. The van der Waals surface area contributed by atoms with Crippen LogP contribution in [0.2, 0.25) is 0 Å². The van der Waals surface area contributed by atoms with Crippen molar-refractivity contribution < 1.29 is 58.2 Å². The molecule has 1 saturated heterocycles. The van der Waals surface area contributed by atoms with Crippen molar-refractivity contribution in [2.45, 2.75) is 116 Å². The van der Waals surface area contributed by atoms with Crippen LogP contribution in [0.3, 0.4) is 0 Å². The minimum absolute atomic E-state index is 0.0211. The standard InChI is InChI=1S/C28H40O12/c1-12-17(33)10-27(25(6,7)35)20(12)21(34)23(38-14(3)30)26(8)18(37-13(2)29)9-19-28(11-36-19,40-16(5)32)22(26)24(27)39-15(4)31/h17-19,21-24,33-35H,9-11H2,1-8H3/t17-,18-,19+,21+,22?,23-,24-,26+,27-,28-/m0/s1. The molecular formula is C28H40O12. The fraction of sp³-hybridized carbons (Fsp3) is 0.786. The third kappa shape index (κ3) is 4.17. The lowest BCUT2D eigenvalue weighted by Gasteiger charge is -2.65. The summed E-state index contributed by atoms with van der Waals surface area (Å²) in [4.78, 5) is 50.3. The van der Waals surface area contributed by atoms with Gasteiger partial charge in [0, 0.05) is 34.1 Å². The lowest BCUT2D eigenvalue weighted by atomic mass is 9.49. The highest BCUT2D eigenvalue weighted by Crippen LogP contribution is 2.68. The molecule has 12 heteroatoms. The molecule has 10 atom stereocenters. The van der Waals surface area contributed by atoms with E-state index < -0.39 is 88.5 Å². The first-order valence-corrected chi connectivity index (χ1v) is 13.5. The van der Waals surface area contributed by atoms with Crippen LogP contribution < -0.4 is 0 Å². The minimum Gasteiger partial charge on any atom is -0.462 e. The topological polar surface area (TPSA) is 175 Å². The Hall–Kier alpha value is -2.54. The van der Waals surface area contributed by atoms with E-state index in [0.29, 0.717) is 5.57 Å². The third-order valence-electron chi connectivity index (χ3n) is 9.60. The summed E-state index contributed by atoms with van der Waals surface area (Å²) in [6.45, 7) is 10.8. The largest absolute Gasteiger partial charge is 0.462 e. The molecule has 0 bridgehead atoms. The third-order valence-corrected chi connectivity index (χ3v) is 9.60. The summed E-state index contributed by atoms with van der Waals surface area (Å²) in [5, 5.41) is 35.2. The molecule has 1 aliphatic heterocycles. The zero-order valence-electron chi connectivity index (χ0n) is 24.2. The highest BCUT2D eigenvalue weighted by Gasteiger charge is 2.80. The molecule has 0 aromatic rings. The van der Waals surface area contributed by atoms with Crippen LogP contribution in [-0.2, 0) is 42.9 Å². The van der Waals surface area contributed by atoms with E-state index >= 15 is 0 Å². The fourth-order valence-corrected chi connectivity index (χ4v) is 8.13. The molecule has 0 spiro atoms. The molecule has 2 saturated carbocycles. The Kier molecular flexibility index (Phi) is 7.44. The average molecular weight is 569 g/mol. The van der Waals surface area contributed by atoms with Gasteiger partial charge < -0.3 is 39.0 Å². The number of carbonyl (C=O) groups excluding carboxylic acids is 4. The maximum Gasteiger partial charge on any atom is 0.303 e. The molecule has 0 aromatic carbocycles. The Morgan fingerprint density at radius 3 is 1.93 bits per heavy atom. The molecule has 1 unspecified atom stereocenters. The normalized spacial score (nSPS) is 42.3. The predicted molar refractivity (Wildman–Crippen MR) is 135 cm³/mol. The monoisotopic (exact) mass is 568 g/mol. The van der Waals surface area contributed by atoms with Gasteiger partial charge in [-0.05, 0) is 38.3 Å². The van der Waals surface area contributed by atoms with E-state index in [4.69, 9.17) is 23.7 Å². The Balaban J connectivity index is 2.17. The highest BCUT2D eigenvalue weighted by atomic mass is 16.6. The van der Waals surface area contributed by atoms with Crippen LogP contribution in [0.25, 0.3) is 0 Å². The van der Waals surface area contributed by atoms with E-state index in [-0.39, 0.29) is 25.0 Å². The van der Waals surface area contributed by atoms with Crippen LogP contribution in [0.5, 0.6) is 0 Å². The maximum absolute atomic E-state index is 12.8. The van der Waals surface area contributed by atoms with Gasteiger partial charge in [0.05, 0.1) is 35.1 Å². The first kappa shape index (κ1) is 30.4. The van der Waals surface area contributed by atoms with E-state index in [1.54, 1.807) is 13.8 Å². The van der Waals surface area contributed by atoms with Crippen molar-refractivity contribution in [3.8, 4) is 0 Å². The van der Waals surface area contributed by atoms with Gasteiger partial charge in [-0.1, -0.05) is 6.92 Å². The van der Waals surface area contributed by atoms with Crippen LogP contribution in [0.4, 0.5) is 0 Å². The second-order valence-corrected chi connectivity index (χ2v) is 12.4. The van der Waals surface area contributed by atoms with Crippen molar-refractivity contribution in [2.24, 2.45) is 16.7 Å². The molecular weight excluding hydrogens is 528 g/mol. The number of ether oxygens (including phenoxy) is 5. The first-order chi connectivity index (χ1) is 18.3. The van der Waals surface area contributed by atoms with Gasteiger partial charge in [0.1, 0.15) is 30.5 Å². The van der Waals surface area contributed by atoms with Gasteiger partial charge in [0.2, 0.25) is 0 Å². The van der Waals surface area contributed by atoms with E-state index in [1.165, 1.54) is 34.6 Å². The van der Waals surface area contributed by atoms with Crippen molar-refractivity contribution in [2.75, 3.05) is 6.61 Å². The summed E-state index contributed by atoms with van der Waals surface area (Å²) in [6, 6.07) is 0. The van der Waals surface area contributed by atoms with Crippen LogP contribution in [0.1, 0.15) is 68.2 Å². The van der Waals surface area contributed by atoms with Gasteiger partial charge in [-0.2, -0.15) is 0 Å². The van der Waals surface area contributed by atoms with Gasteiger partial charge in [-0.25, -0.2) is 0 Å². The molecule has 4 rings (SSSR count). The Bertz CT molecular complexity index is 1140. The summed E-state index contributed by atoms with van der Waals surface area (Å²) < 4.78 is 29.6. The van der Waals surface area contributed by atoms with Crippen molar-refractivity contribution >= 4 is 23.9 Å².